The van der Waals surface area contributed by atoms with Crippen LogP contribution in [0.5, 0.6) is 0 Å². The van der Waals surface area contributed by atoms with Crippen LogP contribution in [-0.2, 0) is 10.0 Å². The van der Waals surface area contributed by atoms with E-state index in [2.05, 4.69) is 10.00 Å². The first-order chi connectivity index (χ1) is 12.6. The fraction of sp³-hybridized carbons (Fsp3) is 0.500. The zero-order valence-corrected chi connectivity index (χ0v) is 16.7. The first kappa shape index (κ1) is 19.8. The topological polar surface area (TPSA) is 58.4 Å². The summed E-state index contributed by atoms with van der Waals surface area (Å²) < 4.78 is 54.2. The summed E-state index contributed by atoms with van der Waals surface area (Å²) in [6.07, 6.45) is 0. The van der Waals surface area contributed by atoms with Crippen molar-refractivity contribution in [2.24, 2.45) is 0 Å². The lowest BCUT2D eigenvalue weighted by atomic mass is 10.1. The molecule has 1 aromatic heterocycles. The normalized spacial score (nSPS) is 19.1. The van der Waals surface area contributed by atoms with Crippen molar-refractivity contribution in [2.45, 2.75) is 45.2 Å². The number of aromatic nitrogens is 2. The minimum Gasteiger partial charge on any atom is -0.366 e. The third kappa shape index (κ3) is 3.58. The molecular weight excluding hydrogens is 374 g/mol. The van der Waals surface area contributed by atoms with E-state index in [1.807, 2.05) is 38.1 Å². The van der Waals surface area contributed by atoms with Gasteiger partial charge in [0, 0.05) is 31.4 Å². The predicted octanol–water partition coefficient (Wildman–Crippen LogP) is 3.10. The van der Waals surface area contributed by atoms with E-state index >= 15 is 0 Å². The van der Waals surface area contributed by atoms with Crippen LogP contribution < -0.4 is 4.90 Å². The summed E-state index contributed by atoms with van der Waals surface area (Å²) in [6.45, 7) is 5.03. The summed E-state index contributed by atoms with van der Waals surface area (Å²) in [5.74, 6) is 0. The van der Waals surface area contributed by atoms with Crippen molar-refractivity contribution in [2.75, 3.05) is 24.5 Å². The molecule has 1 unspecified atom stereocenters. The highest BCUT2D eigenvalue weighted by Crippen LogP contribution is 2.29. The number of hydrogen-bond acceptors (Lipinski definition) is 4. The van der Waals surface area contributed by atoms with Gasteiger partial charge in [-0.3, -0.25) is 0 Å². The van der Waals surface area contributed by atoms with Crippen molar-refractivity contribution in [1.82, 2.24) is 14.1 Å². The zero-order valence-electron chi connectivity index (χ0n) is 15.9. The number of alkyl halides is 2. The maximum absolute atomic E-state index is 13.1. The molecule has 1 atom stereocenters. The van der Waals surface area contributed by atoms with Crippen LogP contribution in [0.1, 0.15) is 30.4 Å². The Morgan fingerprint density at radius 3 is 2.26 bits per heavy atom. The van der Waals surface area contributed by atoms with Crippen LogP contribution >= 0.6 is 0 Å². The van der Waals surface area contributed by atoms with Crippen LogP contribution in [-0.4, -0.2) is 48.2 Å². The van der Waals surface area contributed by atoms with Crippen molar-refractivity contribution < 1.29 is 17.2 Å². The van der Waals surface area contributed by atoms with Gasteiger partial charge in [-0.1, -0.05) is 17.7 Å². The standard InChI is InChI=1S/C18H24F2N4O2S/c1-12-5-7-16(8-6-12)23-10-9-22(11-13(23)2)27(25,26)17-14(3)21-24(15(17)4)18(19)20/h5-8,13,18H,9-11H2,1-4H3. The number of nitrogens with zero attached hydrogens (tertiary/aromatic N) is 4. The van der Waals surface area contributed by atoms with Gasteiger partial charge in [-0.2, -0.15) is 18.2 Å². The summed E-state index contributed by atoms with van der Waals surface area (Å²) in [4.78, 5) is 2.05. The van der Waals surface area contributed by atoms with Crippen molar-refractivity contribution >= 4 is 15.7 Å². The fourth-order valence-electron chi connectivity index (χ4n) is 3.60. The van der Waals surface area contributed by atoms with Gasteiger partial charge in [0.05, 0.1) is 11.4 Å². The van der Waals surface area contributed by atoms with Crippen LogP contribution in [0.4, 0.5) is 14.5 Å². The van der Waals surface area contributed by atoms with E-state index in [1.54, 1.807) is 0 Å². The van der Waals surface area contributed by atoms with Crippen LogP contribution in [0.15, 0.2) is 29.2 Å². The van der Waals surface area contributed by atoms with E-state index in [-0.39, 0.29) is 28.9 Å². The summed E-state index contributed by atoms with van der Waals surface area (Å²) in [5.41, 5.74) is 2.27. The molecule has 2 aromatic rings. The van der Waals surface area contributed by atoms with Crippen molar-refractivity contribution in [3.8, 4) is 0 Å². The number of anilines is 1. The number of aryl methyl sites for hydroxylation is 2. The van der Waals surface area contributed by atoms with E-state index in [4.69, 9.17) is 0 Å². The highest BCUT2D eigenvalue weighted by Gasteiger charge is 2.36. The molecule has 0 aliphatic carbocycles. The summed E-state index contributed by atoms with van der Waals surface area (Å²) in [5, 5.41) is 3.71. The number of halogens is 2. The van der Waals surface area contributed by atoms with Gasteiger partial charge in [0.15, 0.2) is 0 Å². The van der Waals surface area contributed by atoms with Gasteiger partial charge in [0.1, 0.15) is 4.90 Å². The van der Waals surface area contributed by atoms with Gasteiger partial charge >= 0.3 is 6.55 Å². The molecular formula is C18H24F2N4O2S. The lowest BCUT2D eigenvalue weighted by Gasteiger charge is -2.40. The zero-order chi connectivity index (χ0) is 19.9. The highest BCUT2D eigenvalue weighted by atomic mass is 32.2. The highest BCUT2D eigenvalue weighted by molar-refractivity contribution is 7.89. The molecule has 1 aliphatic heterocycles. The summed E-state index contributed by atoms with van der Waals surface area (Å²) in [7, 11) is -3.89. The number of benzene rings is 1. The lowest BCUT2D eigenvalue weighted by Crippen LogP contribution is -2.53. The predicted molar refractivity (Wildman–Crippen MR) is 99.7 cm³/mol. The number of rotatable bonds is 4. The number of hydrogen-bond donors (Lipinski definition) is 0. The lowest BCUT2D eigenvalue weighted by molar-refractivity contribution is 0.0538. The molecule has 6 nitrogen and oxygen atoms in total. The fourth-order valence-corrected chi connectivity index (χ4v) is 5.48. The van der Waals surface area contributed by atoms with E-state index in [1.165, 1.54) is 18.2 Å². The van der Waals surface area contributed by atoms with Crippen molar-refractivity contribution in [3.63, 3.8) is 0 Å². The molecule has 0 saturated carbocycles. The summed E-state index contributed by atoms with van der Waals surface area (Å²) in [6, 6.07) is 8.06. The number of piperazine rings is 1. The van der Waals surface area contributed by atoms with Gasteiger partial charge in [-0.25, -0.2) is 13.1 Å². The molecule has 27 heavy (non-hydrogen) atoms. The molecule has 0 amide bonds. The van der Waals surface area contributed by atoms with Gasteiger partial charge in [-0.15, -0.1) is 0 Å². The van der Waals surface area contributed by atoms with E-state index in [0.29, 0.717) is 17.8 Å². The van der Waals surface area contributed by atoms with Crippen LogP contribution in [0.25, 0.3) is 0 Å². The molecule has 9 heteroatoms. The second-order valence-electron chi connectivity index (χ2n) is 6.96. The molecule has 3 rings (SSSR count). The Hall–Kier alpha value is -2.00. The van der Waals surface area contributed by atoms with Crippen molar-refractivity contribution in [3.05, 3.63) is 41.2 Å². The molecule has 1 saturated heterocycles. The molecule has 0 bridgehead atoms. The van der Waals surface area contributed by atoms with E-state index < -0.39 is 16.6 Å². The Bertz CT molecular complexity index is 926. The van der Waals surface area contributed by atoms with Gasteiger partial charge in [0.2, 0.25) is 10.0 Å². The second kappa shape index (κ2) is 7.20. The first-order valence-electron chi connectivity index (χ1n) is 8.80. The second-order valence-corrected chi connectivity index (χ2v) is 8.84. The van der Waals surface area contributed by atoms with Crippen LogP contribution in [0, 0.1) is 20.8 Å². The van der Waals surface area contributed by atoms with E-state index in [0.717, 1.165) is 11.3 Å². The first-order valence-corrected chi connectivity index (χ1v) is 10.2. The Balaban J connectivity index is 1.85. The molecule has 1 aromatic carbocycles. The van der Waals surface area contributed by atoms with Gasteiger partial charge in [-0.05, 0) is 39.8 Å². The van der Waals surface area contributed by atoms with Gasteiger partial charge in [0.25, 0.3) is 0 Å². The minimum atomic E-state index is -3.89. The smallest absolute Gasteiger partial charge is 0.333 e. The van der Waals surface area contributed by atoms with Crippen molar-refractivity contribution in [1.29, 1.82) is 0 Å². The maximum Gasteiger partial charge on any atom is 0.333 e. The maximum atomic E-state index is 13.1. The largest absolute Gasteiger partial charge is 0.366 e. The molecule has 148 valence electrons. The van der Waals surface area contributed by atoms with Gasteiger partial charge < -0.3 is 4.90 Å². The Kier molecular flexibility index (Phi) is 5.27. The third-order valence-corrected chi connectivity index (χ3v) is 7.12. The number of sulfonamides is 1. The Morgan fingerprint density at radius 2 is 1.74 bits per heavy atom. The molecule has 0 N–H and O–H groups in total. The molecule has 0 spiro atoms. The molecule has 1 fully saturated rings. The molecule has 1 aliphatic rings. The molecule has 2 heterocycles. The Morgan fingerprint density at radius 1 is 1.11 bits per heavy atom. The minimum absolute atomic E-state index is 0.0314. The SMILES string of the molecule is Cc1ccc(N2CCN(S(=O)(=O)c3c(C)nn(C(F)F)c3C)CC2C)cc1. The quantitative estimate of drug-likeness (QED) is 0.794. The van der Waals surface area contributed by atoms with E-state index in [9.17, 15) is 17.2 Å². The third-order valence-electron chi connectivity index (χ3n) is 5.00. The Labute approximate surface area is 158 Å². The van der Waals surface area contributed by atoms with Crippen LogP contribution in [0.2, 0.25) is 0 Å². The average Bonchev–Trinajstić information content (AvgIpc) is 2.91. The van der Waals surface area contributed by atoms with Crippen LogP contribution in [0.3, 0.4) is 0 Å². The summed E-state index contributed by atoms with van der Waals surface area (Å²) >= 11 is 0. The molecule has 0 radical (unpaired) electrons. The monoisotopic (exact) mass is 398 g/mol. The average molecular weight is 398 g/mol.